The van der Waals surface area contributed by atoms with Crippen LogP contribution in [0.3, 0.4) is 0 Å². The van der Waals surface area contributed by atoms with Gasteiger partial charge in [-0.2, -0.15) is 4.98 Å². The van der Waals surface area contributed by atoms with E-state index < -0.39 is 83.4 Å². The number of unbranched alkanes of at least 4 members (excludes halogenated alkanes) is 2. The number of Topliss-reactive ketones (excluding diaryl/α,β-unsaturated/α-hetero) is 5. The second-order valence-electron chi connectivity index (χ2n) is 33.5. The number of likely N-dealkylation sites (N-methyl/N-ethyl adjacent to an activating group) is 2. The summed E-state index contributed by atoms with van der Waals surface area (Å²) in [6.07, 6.45) is 5.43. The molecule has 0 bridgehead atoms. The van der Waals surface area contributed by atoms with Crippen molar-refractivity contribution < 1.29 is 72.1 Å². The number of aryl methyl sites for hydroxylation is 2. The van der Waals surface area contributed by atoms with E-state index in [0.29, 0.717) is 87.6 Å². The standard InChI is InChI=1S/C90H131N13O16/c1-15-57(8)81(102(12)87(114)69(55(4)5)51-75(108)80(56(6)7)101(10)11)76(118-13)52-78(110)103-45-23-28-71(103)82(119-14)58(9)72(105)49-65(46-61-24-18-16-19-25-61)84(111)94-44-41-60-29-31-62(32-30-60)47-74(107)70(27-22-43-95-90(92)117)98-85(112)68(54(2)3)50-67(104)26-20-17-21-42-93-77(109)40-38-64(88(115)116)48-73(106)63-36-33-59(34-37-63)35-39-66-53-96-83-79(97-66)86(113)100-89(91)99-83/h16,18-19,24-25,29-34,36-37,53-58,64-65,68-71,76,80-82H,15,17,20-23,26-28,35,38-52H2,1-14H3,(H,93,109)(H,94,111)(H,98,112)(H,115,116)(H3,92,95,117)(H3,91,96,99,100,113)/t57?,58?,64-,65-,68-,69+,70?,71?,76?,80?,81?,82?/m1/s1. The second kappa shape index (κ2) is 48.9. The zero-order valence-corrected chi connectivity index (χ0v) is 72.3. The number of rotatable bonds is 54. The highest BCUT2D eigenvalue weighted by Gasteiger charge is 2.44. The number of anilines is 1. The first kappa shape index (κ1) is 97.8. The van der Waals surface area contributed by atoms with Gasteiger partial charge in [0, 0.05) is 122 Å². The Morgan fingerprint density at radius 2 is 1.30 bits per heavy atom. The van der Waals surface area contributed by atoms with Gasteiger partial charge >= 0.3 is 12.0 Å². The molecule has 652 valence electrons. The van der Waals surface area contributed by atoms with Gasteiger partial charge in [0.15, 0.2) is 28.5 Å². The van der Waals surface area contributed by atoms with E-state index in [1.807, 2.05) is 129 Å². The Morgan fingerprint density at radius 1 is 0.647 bits per heavy atom. The molecular formula is C90H131N13O16. The van der Waals surface area contributed by atoms with E-state index >= 15 is 0 Å². The normalized spacial score (nSPS) is 15.7. The number of nitrogen functional groups attached to an aromatic ring is 1. The van der Waals surface area contributed by atoms with Crippen molar-refractivity contribution >= 4 is 87.6 Å². The van der Waals surface area contributed by atoms with Crippen molar-refractivity contribution in [1.82, 2.24) is 55.9 Å². The summed E-state index contributed by atoms with van der Waals surface area (Å²) in [6, 6.07) is 20.6. The van der Waals surface area contributed by atoms with E-state index in [2.05, 4.69) is 41.2 Å². The van der Waals surface area contributed by atoms with Crippen LogP contribution in [0, 0.1) is 53.3 Å². The molecule has 0 radical (unpaired) electrons. The van der Waals surface area contributed by atoms with Crippen LogP contribution in [0.1, 0.15) is 203 Å². The SMILES string of the molecule is CCC(C)C(C(CC(=O)N1CCCC1C(OC)C(C)C(=O)C[C@@H](Cc1ccccc1)C(=O)NCCc1ccc(CC(=O)C(CCCNC(N)=O)NC(=O)[C@H](CC(=O)CCCCCNC(=O)CC[C@H](CC(=O)c2ccc(CCc3cnc4nc(N)[nH]c(=O)c4n3)cc2)C(=O)O)C(C)C)cc1)OC)N(C)C(=O)[C@@H](CC(=O)C(C(C)C)N(C)C)C(C)C. The first-order valence-electron chi connectivity index (χ1n) is 42.3. The Kier molecular flexibility index (Phi) is 40.2. The van der Waals surface area contributed by atoms with Gasteiger partial charge in [-0.1, -0.05) is 154 Å². The average Bonchev–Trinajstić information content (AvgIpc) is 1.80. The summed E-state index contributed by atoms with van der Waals surface area (Å²) in [7, 11) is 8.60. The second-order valence-corrected chi connectivity index (χ2v) is 33.5. The van der Waals surface area contributed by atoms with E-state index in [0.717, 1.165) is 16.7 Å². The summed E-state index contributed by atoms with van der Waals surface area (Å²) >= 11 is 0. The van der Waals surface area contributed by atoms with Gasteiger partial charge < -0.3 is 57.1 Å². The van der Waals surface area contributed by atoms with Gasteiger partial charge in [-0.15, -0.1) is 0 Å². The number of nitrogens with zero attached hydrogens (tertiary/aromatic N) is 6. The maximum absolute atomic E-state index is 14.7. The van der Waals surface area contributed by atoms with Gasteiger partial charge in [-0.25, -0.2) is 14.8 Å². The lowest BCUT2D eigenvalue weighted by atomic mass is 9.83. The average molecular weight is 1650 g/mol. The lowest BCUT2D eigenvalue weighted by Gasteiger charge is -2.41. The predicted molar refractivity (Wildman–Crippen MR) is 455 cm³/mol. The molecule has 1 aliphatic rings. The molecule has 29 nitrogen and oxygen atoms in total. The summed E-state index contributed by atoms with van der Waals surface area (Å²) in [5.41, 5.74) is 14.8. The molecule has 29 heteroatoms. The maximum Gasteiger partial charge on any atom is 0.312 e. The number of likely N-dealkylation sites (tertiary alicyclic amines) is 1. The zero-order chi connectivity index (χ0) is 87.7. The van der Waals surface area contributed by atoms with Crippen LogP contribution in [0.5, 0.6) is 0 Å². The van der Waals surface area contributed by atoms with Crippen molar-refractivity contribution in [2.24, 2.45) is 59.0 Å². The first-order valence-corrected chi connectivity index (χ1v) is 42.3. The molecule has 5 aromatic rings. The molecule has 12 atom stereocenters. The van der Waals surface area contributed by atoms with Gasteiger partial charge in [0.2, 0.25) is 35.5 Å². The summed E-state index contributed by atoms with van der Waals surface area (Å²) in [4.78, 5) is 196. The Morgan fingerprint density at radius 3 is 1.92 bits per heavy atom. The fourth-order valence-corrected chi connectivity index (χ4v) is 16.2. The number of nitrogens with one attached hydrogen (secondary N) is 5. The van der Waals surface area contributed by atoms with Crippen molar-refractivity contribution in [2.45, 2.75) is 234 Å². The molecule has 2 aromatic heterocycles. The monoisotopic (exact) mass is 1650 g/mol. The minimum Gasteiger partial charge on any atom is -0.481 e. The van der Waals surface area contributed by atoms with Crippen LogP contribution in [0.15, 0.2) is 89.9 Å². The fourth-order valence-electron chi connectivity index (χ4n) is 16.2. The Labute approximate surface area is 701 Å². The fraction of sp³-hybridized carbons (Fsp3) is 0.600. The van der Waals surface area contributed by atoms with Crippen LogP contribution in [0.2, 0.25) is 0 Å². The predicted octanol–water partition coefficient (Wildman–Crippen LogP) is 9.00. The molecule has 1 fully saturated rings. The highest BCUT2D eigenvalue weighted by Crippen LogP contribution is 2.33. The number of urea groups is 1. The molecule has 8 unspecified atom stereocenters. The van der Waals surface area contributed by atoms with Crippen LogP contribution in [0.25, 0.3) is 11.2 Å². The third-order valence-corrected chi connectivity index (χ3v) is 23.3. The minimum absolute atomic E-state index is 0.00925. The number of fused-ring (bicyclic) bond motifs is 1. The number of ether oxygens (including phenoxy) is 2. The van der Waals surface area contributed by atoms with E-state index in [-0.39, 0.29) is 190 Å². The van der Waals surface area contributed by atoms with Gasteiger partial charge in [0.05, 0.1) is 60.6 Å². The number of benzene rings is 3. The number of aromatic nitrogens is 4. The number of carbonyl (C=O) groups excluding carboxylic acids is 11. The zero-order valence-electron chi connectivity index (χ0n) is 72.3. The third-order valence-electron chi connectivity index (χ3n) is 23.3. The lowest BCUT2D eigenvalue weighted by molar-refractivity contribution is -0.149. The number of carboxylic acid groups (broad SMARTS) is 1. The number of ketones is 5. The van der Waals surface area contributed by atoms with E-state index in [1.165, 1.54) is 13.3 Å². The number of methoxy groups -OCH3 is 2. The van der Waals surface area contributed by atoms with Crippen LogP contribution >= 0.6 is 0 Å². The Bertz CT molecular complexity index is 4240. The molecule has 1 aliphatic heterocycles. The molecule has 10 N–H and O–H groups in total. The number of H-pyrrole nitrogens is 1. The first-order chi connectivity index (χ1) is 56.5. The Balaban J connectivity index is 0.964. The van der Waals surface area contributed by atoms with Crippen molar-refractivity contribution in [3.8, 4) is 0 Å². The molecule has 0 spiro atoms. The number of carboxylic acids is 1. The molecule has 1 saturated heterocycles. The number of hydrogen-bond donors (Lipinski definition) is 8. The molecule has 0 saturated carbocycles. The molecule has 3 aromatic carbocycles. The van der Waals surface area contributed by atoms with Crippen LogP contribution in [0.4, 0.5) is 10.7 Å². The number of amides is 7. The maximum atomic E-state index is 14.7. The van der Waals surface area contributed by atoms with E-state index in [1.54, 1.807) is 55.1 Å². The number of nitrogens with two attached hydrogens (primary N) is 2. The number of aromatic amines is 1. The number of aliphatic carboxylic acids is 1. The van der Waals surface area contributed by atoms with E-state index in [9.17, 15) is 67.4 Å². The van der Waals surface area contributed by atoms with Crippen molar-refractivity contribution in [1.29, 1.82) is 0 Å². The topological polar surface area (TPSA) is 425 Å². The largest absolute Gasteiger partial charge is 0.481 e. The molecule has 7 amide bonds. The number of carbonyl (C=O) groups is 12. The van der Waals surface area contributed by atoms with Gasteiger partial charge in [0.25, 0.3) is 5.56 Å². The number of primary amides is 1. The van der Waals surface area contributed by atoms with Crippen LogP contribution in [-0.2, 0) is 89.5 Å². The summed E-state index contributed by atoms with van der Waals surface area (Å²) in [5.74, 6) is -8.03. The van der Waals surface area contributed by atoms with Crippen LogP contribution < -0.4 is 38.3 Å². The molecule has 6 rings (SSSR count). The molecular weight excluding hydrogens is 1520 g/mol. The lowest BCUT2D eigenvalue weighted by Crippen LogP contribution is -2.54. The Hall–Kier alpha value is -10.0. The summed E-state index contributed by atoms with van der Waals surface area (Å²) < 4.78 is 12.3. The van der Waals surface area contributed by atoms with E-state index in [4.69, 9.17) is 20.9 Å². The van der Waals surface area contributed by atoms with Crippen LogP contribution in [-0.4, -0.2) is 208 Å². The third kappa shape index (κ3) is 30.6. The quantitative estimate of drug-likeness (QED) is 0.0133. The van der Waals surface area contributed by atoms with Crippen molar-refractivity contribution in [3.05, 3.63) is 129 Å². The molecule has 119 heavy (non-hydrogen) atoms. The minimum atomic E-state index is -1.19. The van der Waals surface area contributed by atoms with Crippen molar-refractivity contribution in [3.63, 3.8) is 0 Å². The summed E-state index contributed by atoms with van der Waals surface area (Å²) in [5, 5.41) is 21.3. The highest BCUT2D eigenvalue weighted by atomic mass is 16.5. The molecule has 0 aliphatic carbocycles. The smallest absolute Gasteiger partial charge is 0.312 e. The van der Waals surface area contributed by atoms with Gasteiger partial charge in [-0.3, -0.25) is 67.4 Å². The highest BCUT2D eigenvalue weighted by molar-refractivity contribution is 5.98. The van der Waals surface area contributed by atoms with Gasteiger partial charge in [-0.05, 0) is 131 Å². The molecule has 3 heterocycles. The number of hydrogen-bond acceptors (Lipinski definition) is 20. The van der Waals surface area contributed by atoms with Gasteiger partial charge in [0.1, 0.15) is 11.6 Å². The summed E-state index contributed by atoms with van der Waals surface area (Å²) in [6.45, 7) is 18.6. The van der Waals surface area contributed by atoms with Crippen molar-refractivity contribution in [2.75, 3.05) is 67.3 Å².